The molecule has 1 nitrogen and oxygen atoms in total. The van der Waals surface area contributed by atoms with E-state index in [1.54, 1.807) is 0 Å². The molecule has 164 valence electrons. The van der Waals surface area contributed by atoms with Crippen molar-refractivity contribution in [2.24, 2.45) is 11.3 Å². The van der Waals surface area contributed by atoms with E-state index in [-0.39, 0.29) is 10.8 Å². The topological polar surface area (TPSA) is 12.0 Å². The zero-order valence-electron chi connectivity index (χ0n) is 19.3. The standard InChI is InChI=1S/C33H27N/c1-23-15-17-26(18-16-23)34-27-19-20-28-30(22-27)33(24-10-4-2-5-11-24,25-12-6-3-7-13-25)32-21-9-8-14-29(32)31(28)32/h2-22,29,31,34H,1H3. The molecule has 0 radical (unpaired) electrons. The monoisotopic (exact) mass is 437 g/mol. The van der Waals surface area contributed by atoms with Crippen molar-refractivity contribution in [2.45, 2.75) is 18.3 Å². The van der Waals surface area contributed by atoms with Gasteiger partial charge in [-0.15, -0.1) is 0 Å². The van der Waals surface area contributed by atoms with Crippen LogP contribution >= 0.6 is 0 Å². The van der Waals surface area contributed by atoms with Gasteiger partial charge >= 0.3 is 0 Å². The Bertz CT molecular complexity index is 1390. The summed E-state index contributed by atoms with van der Waals surface area (Å²) in [7, 11) is 0. The van der Waals surface area contributed by atoms with E-state index in [1.165, 1.54) is 27.8 Å². The lowest BCUT2D eigenvalue weighted by atomic mass is 9.60. The first-order valence-corrected chi connectivity index (χ1v) is 12.2. The number of fused-ring (bicyclic) bond motifs is 3. The van der Waals surface area contributed by atoms with Crippen LogP contribution in [0.1, 0.15) is 33.7 Å². The fourth-order valence-corrected chi connectivity index (χ4v) is 7.00. The fourth-order valence-electron chi connectivity index (χ4n) is 7.00. The van der Waals surface area contributed by atoms with Crippen LogP contribution in [0.15, 0.2) is 127 Å². The van der Waals surface area contributed by atoms with E-state index in [0.29, 0.717) is 11.8 Å². The van der Waals surface area contributed by atoms with Crippen molar-refractivity contribution in [1.29, 1.82) is 0 Å². The van der Waals surface area contributed by atoms with Crippen LogP contribution in [0.5, 0.6) is 0 Å². The summed E-state index contributed by atoms with van der Waals surface area (Å²) < 4.78 is 0. The Hall–Kier alpha value is -3.84. The molecule has 7 rings (SSSR count). The van der Waals surface area contributed by atoms with Crippen molar-refractivity contribution in [3.8, 4) is 0 Å². The second-order valence-corrected chi connectivity index (χ2v) is 9.96. The molecule has 4 aromatic carbocycles. The molecular formula is C33H27N. The van der Waals surface area contributed by atoms with Gasteiger partial charge in [-0.2, -0.15) is 0 Å². The van der Waals surface area contributed by atoms with Gasteiger partial charge < -0.3 is 5.32 Å². The summed E-state index contributed by atoms with van der Waals surface area (Å²) in [5, 5.41) is 3.67. The Morgan fingerprint density at radius 3 is 2.00 bits per heavy atom. The maximum absolute atomic E-state index is 3.67. The predicted molar refractivity (Wildman–Crippen MR) is 141 cm³/mol. The van der Waals surface area contributed by atoms with Gasteiger partial charge in [-0.3, -0.25) is 0 Å². The number of hydrogen-bond acceptors (Lipinski definition) is 1. The predicted octanol–water partition coefficient (Wildman–Crippen LogP) is 7.91. The molecule has 0 aliphatic heterocycles. The highest BCUT2D eigenvalue weighted by atomic mass is 14.9. The molecule has 3 unspecified atom stereocenters. The maximum Gasteiger partial charge on any atom is 0.0557 e. The molecule has 1 spiro atoms. The van der Waals surface area contributed by atoms with Crippen molar-refractivity contribution in [1.82, 2.24) is 0 Å². The molecule has 3 atom stereocenters. The van der Waals surface area contributed by atoms with Gasteiger partial charge in [-0.1, -0.05) is 109 Å². The maximum atomic E-state index is 3.67. The fraction of sp³-hybridized carbons (Fsp3) is 0.152. The SMILES string of the molecule is Cc1ccc(Nc2ccc3c(c2)C(c2ccccc2)(c2ccccc2)C24C=CC=CC2C34)cc1. The molecule has 1 N–H and O–H groups in total. The summed E-state index contributed by atoms with van der Waals surface area (Å²) in [5.74, 6) is 1.03. The smallest absolute Gasteiger partial charge is 0.0557 e. The normalized spacial score (nSPS) is 24.7. The molecule has 1 saturated carbocycles. The summed E-state index contributed by atoms with van der Waals surface area (Å²) in [5.41, 5.74) is 9.01. The third kappa shape index (κ3) is 2.45. The minimum absolute atomic E-state index is 0.0370. The highest BCUT2D eigenvalue weighted by Crippen LogP contribution is 2.83. The third-order valence-electron chi connectivity index (χ3n) is 8.31. The number of rotatable bonds is 4. The summed E-state index contributed by atoms with van der Waals surface area (Å²) >= 11 is 0. The van der Waals surface area contributed by atoms with Gasteiger partial charge in [0.05, 0.1) is 5.41 Å². The van der Waals surface area contributed by atoms with Gasteiger partial charge in [-0.25, -0.2) is 0 Å². The lowest BCUT2D eigenvalue weighted by Crippen LogP contribution is -2.38. The lowest BCUT2D eigenvalue weighted by molar-refractivity contribution is 0.418. The number of anilines is 2. The van der Waals surface area contributed by atoms with E-state index in [9.17, 15) is 0 Å². The molecule has 3 aliphatic carbocycles. The first-order chi connectivity index (χ1) is 16.7. The highest BCUT2D eigenvalue weighted by molar-refractivity contribution is 5.74. The number of benzene rings is 4. The Morgan fingerprint density at radius 2 is 1.32 bits per heavy atom. The second-order valence-electron chi connectivity index (χ2n) is 9.96. The number of nitrogens with one attached hydrogen (secondary N) is 1. The average molecular weight is 438 g/mol. The van der Waals surface area contributed by atoms with E-state index in [0.717, 1.165) is 11.4 Å². The molecule has 0 amide bonds. The minimum atomic E-state index is -0.230. The summed E-state index contributed by atoms with van der Waals surface area (Å²) in [6.07, 6.45) is 9.46. The van der Waals surface area contributed by atoms with Gasteiger partial charge in [0.25, 0.3) is 0 Å². The van der Waals surface area contributed by atoms with Gasteiger partial charge in [0.2, 0.25) is 0 Å². The highest BCUT2D eigenvalue weighted by Gasteiger charge is 2.78. The van der Waals surface area contributed by atoms with Crippen LogP contribution in [0.3, 0.4) is 0 Å². The van der Waals surface area contributed by atoms with Crippen molar-refractivity contribution in [2.75, 3.05) is 5.32 Å². The lowest BCUT2D eigenvalue weighted by Gasteiger charge is -2.42. The van der Waals surface area contributed by atoms with Crippen LogP contribution < -0.4 is 5.32 Å². The van der Waals surface area contributed by atoms with Crippen LogP contribution in [-0.2, 0) is 5.41 Å². The van der Waals surface area contributed by atoms with Crippen molar-refractivity contribution >= 4 is 11.4 Å². The summed E-state index contributed by atoms with van der Waals surface area (Å²) in [4.78, 5) is 0. The van der Waals surface area contributed by atoms with Crippen LogP contribution in [0.2, 0.25) is 0 Å². The first kappa shape index (κ1) is 19.6. The Kier molecular flexibility index (Phi) is 4.08. The minimum Gasteiger partial charge on any atom is -0.356 e. The van der Waals surface area contributed by atoms with E-state index >= 15 is 0 Å². The van der Waals surface area contributed by atoms with Crippen molar-refractivity contribution < 1.29 is 0 Å². The van der Waals surface area contributed by atoms with E-state index in [4.69, 9.17) is 0 Å². The van der Waals surface area contributed by atoms with Gasteiger partial charge in [-0.05, 0) is 59.4 Å². The zero-order valence-corrected chi connectivity index (χ0v) is 19.3. The zero-order chi connectivity index (χ0) is 22.8. The number of hydrogen-bond donors (Lipinski definition) is 1. The van der Waals surface area contributed by atoms with Crippen molar-refractivity contribution in [3.63, 3.8) is 0 Å². The molecule has 3 aliphatic rings. The van der Waals surface area contributed by atoms with Crippen LogP contribution in [-0.4, -0.2) is 0 Å². The molecule has 0 saturated heterocycles. The Balaban J connectivity index is 1.49. The molecule has 0 heterocycles. The van der Waals surface area contributed by atoms with E-state index in [1.807, 2.05) is 0 Å². The average Bonchev–Trinajstić information content (AvgIpc) is 3.50. The Labute approximate surface area is 201 Å². The summed E-state index contributed by atoms with van der Waals surface area (Å²) in [6, 6.07) is 38.0. The quantitative estimate of drug-likeness (QED) is 0.342. The van der Waals surface area contributed by atoms with E-state index in [2.05, 4.69) is 140 Å². The number of allylic oxidation sites excluding steroid dienone is 4. The van der Waals surface area contributed by atoms with Crippen molar-refractivity contribution in [3.05, 3.63) is 155 Å². The molecule has 0 aromatic heterocycles. The number of aryl methyl sites for hydroxylation is 1. The van der Waals surface area contributed by atoms with Gasteiger partial charge in [0.1, 0.15) is 0 Å². The molecule has 0 bridgehead atoms. The van der Waals surface area contributed by atoms with E-state index < -0.39 is 0 Å². The molecule has 1 fully saturated rings. The van der Waals surface area contributed by atoms with Crippen LogP contribution in [0, 0.1) is 18.3 Å². The Morgan fingerprint density at radius 1 is 0.676 bits per heavy atom. The van der Waals surface area contributed by atoms with Crippen LogP contribution in [0.4, 0.5) is 11.4 Å². The second kappa shape index (κ2) is 7.08. The molecule has 4 aromatic rings. The molecule has 34 heavy (non-hydrogen) atoms. The third-order valence-corrected chi connectivity index (χ3v) is 8.31. The van der Waals surface area contributed by atoms with Crippen LogP contribution in [0.25, 0.3) is 0 Å². The van der Waals surface area contributed by atoms with Gasteiger partial charge in [0.15, 0.2) is 0 Å². The van der Waals surface area contributed by atoms with Gasteiger partial charge in [0, 0.05) is 22.7 Å². The molecule has 1 heteroatoms. The summed E-state index contributed by atoms with van der Waals surface area (Å²) in [6.45, 7) is 2.13. The molecular weight excluding hydrogens is 410 g/mol. The largest absolute Gasteiger partial charge is 0.356 e. The first-order valence-electron chi connectivity index (χ1n) is 12.2.